The Hall–Kier alpha value is -3.40. The molecule has 1 aliphatic heterocycles. The van der Waals surface area contributed by atoms with Crippen LogP contribution in [0.2, 0.25) is 0 Å². The van der Waals surface area contributed by atoms with Gasteiger partial charge in [-0.25, -0.2) is 4.79 Å². The van der Waals surface area contributed by atoms with Crippen LogP contribution in [0.1, 0.15) is 21.5 Å². The molecule has 0 saturated heterocycles. The molecule has 0 N–H and O–H groups in total. The molecule has 0 bridgehead atoms. The molecule has 170 valence electrons. The molecule has 7 nitrogen and oxygen atoms in total. The van der Waals surface area contributed by atoms with Crippen molar-refractivity contribution in [2.75, 3.05) is 20.8 Å². The Bertz CT molecular complexity index is 1050. The van der Waals surface area contributed by atoms with Crippen molar-refractivity contribution in [1.29, 1.82) is 0 Å². The van der Waals surface area contributed by atoms with Crippen LogP contribution in [0.3, 0.4) is 0 Å². The van der Waals surface area contributed by atoms with Gasteiger partial charge in [0.2, 0.25) is 11.6 Å². The number of halogens is 3. The lowest BCUT2D eigenvalue weighted by atomic mass is 9.85. The number of ketones is 2. The number of alkyl halides is 3. The molecule has 0 amide bonds. The summed E-state index contributed by atoms with van der Waals surface area (Å²) in [5, 5.41) is 0. The zero-order valence-corrected chi connectivity index (χ0v) is 17.3. The van der Waals surface area contributed by atoms with E-state index in [-0.39, 0.29) is 22.6 Å². The summed E-state index contributed by atoms with van der Waals surface area (Å²) in [5.74, 6) is -3.89. The fourth-order valence-corrected chi connectivity index (χ4v) is 3.47. The summed E-state index contributed by atoms with van der Waals surface area (Å²) in [7, 11) is 1.88. The van der Waals surface area contributed by atoms with Crippen molar-refractivity contribution < 1.29 is 46.5 Å². The number of hydrogen-bond acceptors (Lipinski definition) is 7. The van der Waals surface area contributed by atoms with Crippen molar-refractivity contribution in [2.45, 2.75) is 24.8 Å². The number of methoxy groups -OCH3 is 2. The van der Waals surface area contributed by atoms with Gasteiger partial charge in [0.15, 0.2) is 17.6 Å². The summed E-state index contributed by atoms with van der Waals surface area (Å²) < 4.78 is 62.6. The van der Waals surface area contributed by atoms with E-state index in [0.717, 1.165) is 12.1 Å². The van der Waals surface area contributed by atoms with Gasteiger partial charge in [0, 0.05) is 18.2 Å². The summed E-state index contributed by atoms with van der Waals surface area (Å²) in [6, 6.07) is 8.96. The Morgan fingerprint density at radius 1 is 1.03 bits per heavy atom. The van der Waals surface area contributed by atoms with Gasteiger partial charge in [-0.15, -0.1) is 0 Å². The van der Waals surface area contributed by atoms with E-state index in [1.807, 2.05) is 0 Å². The first-order chi connectivity index (χ1) is 15.1. The number of Topliss-reactive ketones (excluding diaryl/α,β-unsaturated/α-hetero) is 2. The average molecular weight is 452 g/mol. The number of hydrogen-bond donors (Lipinski definition) is 0. The Morgan fingerprint density at radius 3 is 2.25 bits per heavy atom. The first-order valence-electron chi connectivity index (χ1n) is 9.35. The van der Waals surface area contributed by atoms with Crippen molar-refractivity contribution in [2.24, 2.45) is 0 Å². The highest BCUT2D eigenvalue weighted by Gasteiger charge is 2.64. The minimum Gasteiger partial charge on any atom is -0.485 e. The third kappa shape index (κ3) is 3.70. The number of rotatable bonds is 6. The summed E-state index contributed by atoms with van der Waals surface area (Å²) in [5.41, 5.74) is -3.70. The molecular weight excluding hydrogens is 433 g/mol. The molecular formula is C22H19F3O7. The van der Waals surface area contributed by atoms with Crippen LogP contribution in [0.15, 0.2) is 42.5 Å². The Kier molecular flexibility index (Phi) is 6.27. The average Bonchev–Trinajstić information content (AvgIpc) is 2.78. The topological polar surface area (TPSA) is 88.1 Å². The van der Waals surface area contributed by atoms with Crippen LogP contribution >= 0.6 is 0 Å². The van der Waals surface area contributed by atoms with Gasteiger partial charge in [-0.05, 0) is 19.1 Å². The van der Waals surface area contributed by atoms with Crippen LogP contribution < -0.4 is 9.47 Å². The summed E-state index contributed by atoms with van der Waals surface area (Å²) in [4.78, 5) is 37.8. The van der Waals surface area contributed by atoms with Gasteiger partial charge in [-0.2, -0.15) is 13.2 Å². The van der Waals surface area contributed by atoms with E-state index in [1.165, 1.54) is 44.4 Å². The summed E-state index contributed by atoms with van der Waals surface area (Å²) in [6.07, 6.45) is -6.92. The van der Waals surface area contributed by atoms with Gasteiger partial charge in [0.25, 0.3) is 5.60 Å². The highest BCUT2D eigenvalue weighted by Crippen LogP contribution is 2.44. The van der Waals surface area contributed by atoms with Crippen LogP contribution in [-0.4, -0.2) is 50.6 Å². The van der Waals surface area contributed by atoms with Crippen LogP contribution in [0.5, 0.6) is 11.5 Å². The second-order valence-electron chi connectivity index (χ2n) is 6.92. The molecule has 0 fully saturated rings. The van der Waals surface area contributed by atoms with E-state index in [1.54, 1.807) is 0 Å². The molecule has 3 rings (SSSR count). The molecule has 2 aromatic carbocycles. The largest absolute Gasteiger partial charge is 0.485 e. The minimum absolute atomic E-state index is 0.0416. The van der Waals surface area contributed by atoms with Gasteiger partial charge in [-0.1, -0.05) is 30.3 Å². The maximum atomic E-state index is 14.1. The molecule has 2 unspecified atom stereocenters. The highest BCUT2D eigenvalue weighted by atomic mass is 19.4. The lowest BCUT2D eigenvalue weighted by Gasteiger charge is -2.34. The fourth-order valence-electron chi connectivity index (χ4n) is 3.47. The molecule has 0 spiro atoms. The normalized spacial score (nSPS) is 17.2. The van der Waals surface area contributed by atoms with Crippen molar-refractivity contribution >= 4 is 17.5 Å². The van der Waals surface area contributed by atoms with E-state index in [9.17, 15) is 27.6 Å². The van der Waals surface area contributed by atoms with Gasteiger partial charge < -0.3 is 18.9 Å². The second-order valence-corrected chi connectivity index (χ2v) is 6.92. The molecule has 0 aromatic heterocycles. The van der Waals surface area contributed by atoms with Gasteiger partial charge in [0.1, 0.15) is 6.61 Å². The minimum atomic E-state index is -5.24. The molecule has 32 heavy (non-hydrogen) atoms. The molecule has 0 saturated carbocycles. The predicted octanol–water partition coefficient (Wildman–Crippen LogP) is 3.16. The summed E-state index contributed by atoms with van der Waals surface area (Å²) >= 11 is 0. The Labute approximate surface area is 181 Å². The van der Waals surface area contributed by atoms with Crippen LogP contribution in [-0.2, 0) is 24.7 Å². The Balaban J connectivity index is 1.99. The molecule has 1 aliphatic rings. The predicted molar refractivity (Wildman–Crippen MR) is 104 cm³/mol. The van der Waals surface area contributed by atoms with Crippen molar-refractivity contribution in [3.05, 3.63) is 59.2 Å². The smallest absolute Gasteiger partial charge is 0.429 e. The quantitative estimate of drug-likeness (QED) is 0.492. The van der Waals surface area contributed by atoms with Gasteiger partial charge in [-0.3, -0.25) is 9.59 Å². The number of carbonyl (C=O) groups excluding carboxylic acids is 3. The first-order valence-corrected chi connectivity index (χ1v) is 9.35. The third-order valence-electron chi connectivity index (χ3n) is 5.15. The fraction of sp³-hybridized carbons (Fsp3) is 0.318. The van der Waals surface area contributed by atoms with Crippen molar-refractivity contribution in [1.82, 2.24) is 0 Å². The third-order valence-corrected chi connectivity index (χ3v) is 5.15. The Morgan fingerprint density at radius 2 is 1.69 bits per heavy atom. The number of ether oxygens (including phenoxy) is 4. The van der Waals surface area contributed by atoms with Crippen LogP contribution in [0.4, 0.5) is 13.2 Å². The molecule has 0 radical (unpaired) electrons. The number of benzene rings is 2. The monoisotopic (exact) mass is 452 g/mol. The SMILES string of the molecule is COC(=O)c1ccc2c(c1C)OC(C(=O)C(=O)C(OC)(c1ccccc1)C(F)(F)F)CO2. The maximum absolute atomic E-state index is 14.1. The maximum Gasteiger partial charge on any atom is 0.429 e. The highest BCUT2D eigenvalue weighted by molar-refractivity contribution is 6.42. The standard InChI is InChI=1S/C22H19F3O7/c1-12-14(20(28)29-2)9-10-15-18(12)32-16(11-31-15)17(26)19(27)21(30-3,22(23,24)25)13-7-5-4-6-8-13/h4-10,16H,11H2,1-3H3. The number of carbonyl (C=O) groups is 3. The van der Waals surface area contributed by atoms with E-state index < -0.39 is 47.6 Å². The number of fused-ring (bicyclic) bond motifs is 1. The number of esters is 1. The lowest BCUT2D eigenvalue weighted by molar-refractivity contribution is -0.264. The van der Waals surface area contributed by atoms with Crippen molar-refractivity contribution in [3.8, 4) is 11.5 Å². The molecule has 1 heterocycles. The zero-order valence-electron chi connectivity index (χ0n) is 17.3. The molecule has 10 heteroatoms. The first kappa shape index (κ1) is 23.3. The zero-order chi connectivity index (χ0) is 23.7. The molecule has 2 atom stereocenters. The van der Waals surface area contributed by atoms with Gasteiger partial charge >= 0.3 is 12.1 Å². The van der Waals surface area contributed by atoms with Crippen LogP contribution in [0, 0.1) is 6.92 Å². The van der Waals surface area contributed by atoms with Gasteiger partial charge in [0.05, 0.1) is 12.7 Å². The van der Waals surface area contributed by atoms with Crippen LogP contribution in [0.25, 0.3) is 0 Å². The van der Waals surface area contributed by atoms with Crippen molar-refractivity contribution in [3.63, 3.8) is 0 Å². The van der Waals surface area contributed by atoms with E-state index in [0.29, 0.717) is 7.11 Å². The van der Waals surface area contributed by atoms with E-state index >= 15 is 0 Å². The molecule has 2 aromatic rings. The molecule has 0 aliphatic carbocycles. The second kappa shape index (κ2) is 8.62. The lowest BCUT2D eigenvalue weighted by Crippen LogP contribution is -2.56. The summed E-state index contributed by atoms with van der Waals surface area (Å²) in [6.45, 7) is 0.989. The van der Waals surface area contributed by atoms with E-state index in [2.05, 4.69) is 9.47 Å². The van der Waals surface area contributed by atoms with E-state index in [4.69, 9.17) is 9.47 Å².